The standard InChI is InChI=1S/C22H23ClN2O2/c1-15(26)25(22(2,3)4)21(27)19-14-24(13-16-8-6-5-7-9-16)20-12-17(23)10-11-18(19)20/h5-12,14H,13H2,1-4H3. The van der Waals surface area contributed by atoms with E-state index in [1.54, 1.807) is 6.07 Å². The molecule has 1 aromatic heterocycles. The van der Waals surface area contributed by atoms with Crippen molar-refractivity contribution in [3.05, 3.63) is 70.9 Å². The van der Waals surface area contributed by atoms with Crippen molar-refractivity contribution < 1.29 is 9.59 Å². The van der Waals surface area contributed by atoms with E-state index in [1.165, 1.54) is 11.8 Å². The number of aromatic nitrogens is 1. The predicted molar refractivity (Wildman–Crippen MR) is 109 cm³/mol. The van der Waals surface area contributed by atoms with E-state index in [4.69, 9.17) is 11.6 Å². The Morgan fingerprint density at radius 3 is 2.33 bits per heavy atom. The molecule has 4 nitrogen and oxygen atoms in total. The Kier molecular flexibility index (Phi) is 5.11. The molecule has 0 atom stereocenters. The first kappa shape index (κ1) is 19.2. The molecule has 0 N–H and O–H groups in total. The normalized spacial score (nSPS) is 11.6. The van der Waals surface area contributed by atoms with Gasteiger partial charge in [-0.3, -0.25) is 14.5 Å². The highest BCUT2D eigenvalue weighted by atomic mass is 35.5. The first-order chi connectivity index (χ1) is 12.7. The second-order valence-electron chi connectivity index (χ2n) is 7.65. The topological polar surface area (TPSA) is 42.3 Å². The summed E-state index contributed by atoms with van der Waals surface area (Å²) < 4.78 is 2.00. The van der Waals surface area contributed by atoms with Crippen LogP contribution in [0, 0.1) is 0 Å². The summed E-state index contributed by atoms with van der Waals surface area (Å²) in [6.07, 6.45) is 1.82. The molecule has 3 rings (SSSR count). The van der Waals surface area contributed by atoms with Crippen LogP contribution in [0.4, 0.5) is 0 Å². The molecule has 0 radical (unpaired) electrons. The highest BCUT2D eigenvalue weighted by Gasteiger charge is 2.32. The molecule has 2 aromatic carbocycles. The minimum Gasteiger partial charge on any atom is -0.342 e. The number of carbonyl (C=O) groups is 2. The Balaban J connectivity index is 2.13. The molecule has 0 fully saturated rings. The lowest BCUT2D eigenvalue weighted by atomic mass is 10.0. The van der Waals surface area contributed by atoms with Gasteiger partial charge in [0.25, 0.3) is 5.91 Å². The third-order valence-electron chi connectivity index (χ3n) is 4.46. The zero-order valence-electron chi connectivity index (χ0n) is 16.0. The molecule has 3 aromatic rings. The number of fused-ring (bicyclic) bond motifs is 1. The molecule has 0 saturated carbocycles. The monoisotopic (exact) mass is 382 g/mol. The molecule has 27 heavy (non-hydrogen) atoms. The average Bonchev–Trinajstić information content (AvgIpc) is 2.92. The number of nitrogens with zero attached hydrogens (tertiary/aromatic N) is 2. The molecule has 2 amide bonds. The minimum absolute atomic E-state index is 0.273. The maximum absolute atomic E-state index is 13.3. The van der Waals surface area contributed by atoms with Crippen molar-refractivity contribution in [2.75, 3.05) is 0 Å². The Morgan fingerprint density at radius 2 is 1.74 bits per heavy atom. The second-order valence-corrected chi connectivity index (χ2v) is 8.08. The number of imide groups is 1. The van der Waals surface area contributed by atoms with E-state index in [1.807, 2.05) is 74.0 Å². The molecule has 1 heterocycles. The lowest BCUT2D eigenvalue weighted by molar-refractivity contribution is -0.129. The van der Waals surface area contributed by atoms with Crippen LogP contribution in [0.25, 0.3) is 10.9 Å². The SMILES string of the molecule is CC(=O)N(C(=O)c1cn(Cc2ccccc2)c2cc(Cl)ccc12)C(C)(C)C. The number of hydrogen-bond donors (Lipinski definition) is 0. The molecule has 0 aliphatic carbocycles. The van der Waals surface area contributed by atoms with Crippen molar-refractivity contribution in [1.29, 1.82) is 0 Å². The largest absolute Gasteiger partial charge is 0.342 e. The summed E-state index contributed by atoms with van der Waals surface area (Å²) in [5.74, 6) is -0.570. The highest BCUT2D eigenvalue weighted by molar-refractivity contribution is 6.31. The van der Waals surface area contributed by atoms with Crippen molar-refractivity contribution in [2.45, 2.75) is 39.8 Å². The molecule has 140 valence electrons. The van der Waals surface area contributed by atoms with Gasteiger partial charge >= 0.3 is 0 Å². The first-order valence-corrected chi connectivity index (χ1v) is 9.23. The lowest BCUT2D eigenvalue weighted by Gasteiger charge is -2.32. The number of rotatable bonds is 3. The van der Waals surface area contributed by atoms with E-state index in [9.17, 15) is 9.59 Å². The van der Waals surface area contributed by atoms with Crippen LogP contribution in [-0.4, -0.2) is 26.8 Å². The molecular formula is C22H23ClN2O2. The smallest absolute Gasteiger partial charge is 0.263 e. The quantitative estimate of drug-likeness (QED) is 0.630. The van der Waals surface area contributed by atoms with E-state index >= 15 is 0 Å². The summed E-state index contributed by atoms with van der Waals surface area (Å²) in [6.45, 7) is 7.59. The van der Waals surface area contributed by atoms with Crippen LogP contribution in [-0.2, 0) is 11.3 Å². The Labute approximate surface area is 164 Å². The van der Waals surface area contributed by atoms with E-state index < -0.39 is 5.54 Å². The lowest BCUT2D eigenvalue weighted by Crippen LogP contribution is -2.48. The fraction of sp³-hybridized carbons (Fsp3) is 0.273. The molecule has 0 saturated heterocycles. The Morgan fingerprint density at radius 1 is 1.07 bits per heavy atom. The van der Waals surface area contributed by atoms with Crippen LogP contribution in [0.3, 0.4) is 0 Å². The van der Waals surface area contributed by atoms with Crippen molar-refractivity contribution in [1.82, 2.24) is 9.47 Å². The van der Waals surface area contributed by atoms with E-state index in [0.717, 1.165) is 16.5 Å². The van der Waals surface area contributed by atoms with Gasteiger partial charge in [0.15, 0.2) is 0 Å². The minimum atomic E-state index is -0.608. The maximum atomic E-state index is 13.3. The zero-order chi connectivity index (χ0) is 19.8. The Bertz CT molecular complexity index is 1000. The average molecular weight is 383 g/mol. The van der Waals surface area contributed by atoms with Gasteiger partial charge in [0.2, 0.25) is 5.91 Å². The van der Waals surface area contributed by atoms with Gasteiger partial charge in [0.05, 0.1) is 11.1 Å². The van der Waals surface area contributed by atoms with Crippen molar-refractivity contribution in [3.8, 4) is 0 Å². The van der Waals surface area contributed by atoms with Gasteiger partial charge in [-0.2, -0.15) is 0 Å². The van der Waals surface area contributed by atoms with E-state index in [0.29, 0.717) is 17.1 Å². The van der Waals surface area contributed by atoms with E-state index in [2.05, 4.69) is 0 Å². The summed E-state index contributed by atoms with van der Waals surface area (Å²) >= 11 is 6.21. The number of hydrogen-bond acceptors (Lipinski definition) is 2. The van der Waals surface area contributed by atoms with Gasteiger partial charge in [0, 0.05) is 35.6 Å². The van der Waals surface area contributed by atoms with Gasteiger partial charge in [-0.25, -0.2) is 0 Å². The summed E-state index contributed by atoms with van der Waals surface area (Å²) in [4.78, 5) is 26.7. The summed E-state index contributed by atoms with van der Waals surface area (Å²) in [5.41, 5.74) is 1.88. The first-order valence-electron chi connectivity index (χ1n) is 8.86. The summed E-state index contributed by atoms with van der Waals surface area (Å²) in [7, 11) is 0. The third kappa shape index (κ3) is 3.91. The molecule has 0 unspecified atom stereocenters. The number of benzene rings is 2. The molecule has 0 bridgehead atoms. The van der Waals surface area contributed by atoms with Gasteiger partial charge in [-0.1, -0.05) is 48.0 Å². The van der Waals surface area contributed by atoms with Gasteiger partial charge < -0.3 is 4.57 Å². The Hall–Kier alpha value is -2.59. The summed E-state index contributed by atoms with van der Waals surface area (Å²) in [6, 6.07) is 15.5. The van der Waals surface area contributed by atoms with Crippen LogP contribution in [0.2, 0.25) is 5.02 Å². The van der Waals surface area contributed by atoms with Crippen molar-refractivity contribution in [3.63, 3.8) is 0 Å². The van der Waals surface area contributed by atoms with E-state index in [-0.39, 0.29) is 11.8 Å². The molecular weight excluding hydrogens is 360 g/mol. The molecule has 0 aliphatic rings. The fourth-order valence-electron chi connectivity index (χ4n) is 3.39. The fourth-order valence-corrected chi connectivity index (χ4v) is 3.55. The van der Waals surface area contributed by atoms with Crippen LogP contribution in [0.15, 0.2) is 54.7 Å². The number of amides is 2. The van der Waals surface area contributed by atoms with Crippen molar-refractivity contribution in [2.24, 2.45) is 0 Å². The highest BCUT2D eigenvalue weighted by Crippen LogP contribution is 2.28. The number of carbonyl (C=O) groups excluding carboxylic acids is 2. The second kappa shape index (κ2) is 7.20. The van der Waals surface area contributed by atoms with Gasteiger partial charge in [-0.15, -0.1) is 0 Å². The van der Waals surface area contributed by atoms with Crippen LogP contribution in [0.5, 0.6) is 0 Å². The maximum Gasteiger partial charge on any atom is 0.263 e. The van der Waals surface area contributed by atoms with Crippen LogP contribution >= 0.6 is 11.6 Å². The third-order valence-corrected chi connectivity index (χ3v) is 4.69. The predicted octanol–water partition coefficient (Wildman–Crippen LogP) is 5.13. The van der Waals surface area contributed by atoms with Gasteiger partial charge in [0.1, 0.15) is 0 Å². The number of halogens is 1. The van der Waals surface area contributed by atoms with Crippen LogP contribution in [0.1, 0.15) is 43.6 Å². The molecule has 0 spiro atoms. The molecule has 5 heteroatoms. The molecule has 0 aliphatic heterocycles. The van der Waals surface area contributed by atoms with Crippen molar-refractivity contribution >= 4 is 34.3 Å². The van der Waals surface area contributed by atoms with Crippen LogP contribution < -0.4 is 0 Å². The van der Waals surface area contributed by atoms with Gasteiger partial charge in [-0.05, 0) is 38.5 Å². The zero-order valence-corrected chi connectivity index (χ0v) is 16.7. The summed E-state index contributed by atoms with van der Waals surface area (Å²) in [5, 5.41) is 1.39.